The fourth-order valence-corrected chi connectivity index (χ4v) is 3.02. The van der Waals surface area contributed by atoms with E-state index < -0.39 is 0 Å². The summed E-state index contributed by atoms with van der Waals surface area (Å²) >= 11 is 0. The lowest BCUT2D eigenvalue weighted by Crippen LogP contribution is -2.39. The monoisotopic (exact) mass is 322 g/mol. The number of aromatic nitrogens is 3. The predicted octanol–water partition coefficient (Wildman–Crippen LogP) is 2.44. The lowest BCUT2D eigenvalue weighted by atomic mass is 10.0. The zero-order valence-corrected chi connectivity index (χ0v) is 14.2. The quantitative estimate of drug-likeness (QED) is 0.931. The van der Waals surface area contributed by atoms with Crippen molar-refractivity contribution in [3.05, 3.63) is 46.9 Å². The summed E-state index contributed by atoms with van der Waals surface area (Å²) in [5, 5.41) is 21.1. The first-order chi connectivity index (χ1) is 11.7. The molecule has 0 aliphatic carbocycles. The highest BCUT2D eigenvalue weighted by molar-refractivity contribution is 5.56. The summed E-state index contributed by atoms with van der Waals surface area (Å²) in [5.41, 5.74) is 3.62. The van der Waals surface area contributed by atoms with Gasteiger partial charge in [0.15, 0.2) is 5.82 Å². The number of nitriles is 1. The van der Waals surface area contributed by atoms with Crippen LogP contribution in [0.5, 0.6) is 0 Å². The Morgan fingerprint density at radius 3 is 2.58 bits per heavy atom. The largest absolute Gasteiger partial charge is 0.365 e. The molecule has 124 valence electrons. The number of rotatable bonds is 4. The fourth-order valence-electron chi connectivity index (χ4n) is 3.02. The maximum absolute atomic E-state index is 9.39. The molecule has 0 aromatic carbocycles. The summed E-state index contributed by atoms with van der Waals surface area (Å²) < 4.78 is 0. The van der Waals surface area contributed by atoms with Gasteiger partial charge < -0.3 is 5.32 Å². The molecule has 0 amide bonds. The Kier molecular flexibility index (Phi) is 5.02. The molecule has 1 aliphatic rings. The minimum absolute atomic E-state index is 0.335. The van der Waals surface area contributed by atoms with Crippen LogP contribution in [0.15, 0.2) is 24.5 Å². The summed E-state index contributed by atoms with van der Waals surface area (Å²) in [5.74, 6) is 0.619. The van der Waals surface area contributed by atoms with Crippen LogP contribution in [0.3, 0.4) is 0 Å². The van der Waals surface area contributed by atoms with Crippen LogP contribution in [-0.4, -0.2) is 39.2 Å². The van der Waals surface area contributed by atoms with Gasteiger partial charge in [0, 0.05) is 38.1 Å². The van der Waals surface area contributed by atoms with E-state index in [1.165, 1.54) is 5.56 Å². The molecule has 0 saturated carbocycles. The topological polar surface area (TPSA) is 77.7 Å². The van der Waals surface area contributed by atoms with Gasteiger partial charge in [0.1, 0.15) is 11.6 Å². The van der Waals surface area contributed by atoms with E-state index in [-0.39, 0.29) is 0 Å². The highest BCUT2D eigenvalue weighted by atomic mass is 15.2. The highest BCUT2D eigenvalue weighted by Gasteiger charge is 2.21. The number of piperidine rings is 1. The van der Waals surface area contributed by atoms with Gasteiger partial charge in [-0.1, -0.05) is 0 Å². The molecule has 2 aromatic heterocycles. The Hall–Kier alpha value is -2.52. The van der Waals surface area contributed by atoms with E-state index in [1.54, 1.807) is 0 Å². The van der Waals surface area contributed by atoms with E-state index in [1.807, 2.05) is 26.2 Å². The first kappa shape index (κ1) is 16.3. The van der Waals surface area contributed by atoms with E-state index in [9.17, 15) is 5.26 Å². The molecule has 6 nitrogen and oxygen atoms in total. The molecule has 1 N–H and O–H groups in total. The Balaban J connectivity index is 1.58. The van der Waals surface area contributed by atoms with E-state index in [2.05, 4.69) is 43.6 Å². The minimum atomic E-state index is 0.335. The van der Waals surface area contributed by atoms with Crippen LogP contribution in [0.1, 0.15) is 35.2 Å². The van der Waals surface area contributed by atoms with Crippen molar-refractivity contribution >= 4 is 5.82 Å². The van der Waals surface area contributed by atoms with Gasteiger partial charge in [0.2, 0.25) is 0 Å². The third-order valence-electron chi connectivity index (χ3n) is 4.65. The number of hydrogen-bond acceptors (Lipinski definition) is 6. The Bertz CT molecular complexity index is 729. The van der Waals surface area contributed by atoms with Crippen LogP contribution < -0.4 is 5.32 Å². The summed E-state index contributed by atoms with van der Waals surface area (Å²) in [6.45, 7) is 6.82. The van der Waals surface area contributed by atoms with Crippen molar-refractivity contribution in [2.24, 2.45) is 0 Å². The van der Waals surface area contributed by atoms with E-state index in [4.69, 9.17) is 0 Å². The zero-order chi connectivity index (χ0) is 16.9. The van der Waals surface area contributed by atoms with Crippen molar-refractivity contribution in [2.75, 3.05) is 18.4 Å². The van der Waals surface area contributed by atoms with Gasteiger partial charge in [0.05, 0.1) is 5.69 Å². The molecule has 3 heterocycles. The summed E-state index contributed by atoms with van der Waals surface area (Å²) in [6, 6.07) is 6.72. The number of hydrogen-bond donors (Lipinski definition) is 1. The van der Waals surface area contributed by atoms with Crippen molar-refractivity contribution in [1.29, 1.82) is 5.26 Å². The number of aryl methyl sites for hydroxylation is 1. The molecular weight excluding hydrogens is 300 g/mol. The number of pyridine rings is 1. The maximum Gasteiger partial charge on any atom is 0.167 e. The van der Waals surface area contributed by atoms with E-state index >= 15 is 0 Å². The van der Waals surface area contributed by atoms with E-state index in [0.717, 1.165) is 43.7 Å². The van der Waals surface area contributed by atoms with E-state index in [0.29, 0.717) is 17.4 Å². The molecule has 0 spiro atoms. The number of anilines is 1. The number of likely N-dealkylation sites (tertiary alicyclic amines) is 1. The van der Waals surface area contributed by atoms with Crippen molar-refractivity contribution in [3.63, 3.8) is 0 Å². The molecule has 1 saturated heterocycles. The Labute approximate surface area is 142 Å². The number of nitrogens with one attached hydrogen (secondary N) is 1. The van der Waals surface area contributed by atoms with Gasteiger partial charge in [-0.2, -0.15) is 10.4 Å². The first-order valence-corrected chi connectivity index (χ1v) is 8.29. The van der Waals surface area contributed by atoms with Gasteiger partial charge in [-0.15, -0.1) is 5.10 Å². The van der Waals surface area contributed by atoms with Crippen molar-refractivity contribution in [1.82, 2.24) is 20.1 Å². The van der Waals surface area contributed by atoms with Crippen molar-refractivity contribution < 1.29 is 0 Å². The molecule has 0 unspecified atom stereocenters. The normalized spacial score (nSPS) is 15.9. The van der Waals surface area contributed by atoms with Crippen LogP contribution in [0.2, 0.25) is 0 Å². The van der Waals surface area contributed by atoms with Crippen LogP contribution in [-0.2, 0) is 6.54 Å². The molecule has 0 radical (unpaired) electrons. The van der Waals surface area contributed by atoms with Gasteiger partial charge in [-0.3, -0.25) is 9.88 Å². The second kappa shape index (κ2) is 7.37. The lowest BCUT2D eigenvalue weighted by molar-refractivity contribution is 0.211. The predicted molar refractivity (Wildman–Crippen MR) is 92.4 cm³/mol. The smallest absolute Gasteiger partial charge is 0.167 e. The standard InChI is InChI=1S/C18H22N6/c1-13-14(2)22-23-18(17(13)11-19)21-16-5-9-24(10-6-16)12-15-3-7-20-8-4-15/h3-4,7-8,16H,5-6,9-10,12H2,1-2H3,(H,21,23). The zero-order valence-electron chi connectivity index (χ0n) is 14.2. The first-order valence-electron chi connectivity index (χ1n) is 8.29. The third kappa shape index (κ3) is 3.69. The fraction of sp³-hybridized carbons (Fsp3) is 0.444. The Morgan fingerprint density at radius 1 is 1.21 bits per heavy atom. The average molecular weight is 322 g/mol. The third-order valence-corrected chi connectivity index (χ3v) is 4.65. The molecular formula is C18H22N6. The van der Waals surface area contributed by atoms with Crippen LogP contribution >= 0.6 is 0 Å². The molecule has 2 aromatic rings. The molecule has 24 heavy (non-hydrogen) atoms. The van der Waals surface area contributed by atoms with Crippen molar-refractivity contribution in [3.8, 4) is 6.07 Å². The van der Waals surface area contributed by atoms with Gasteiger partial charge >= 0.3 is 0 Å². The average Bonchev–Trinajstić information content (AvgIpc) is 2.61. The highest BCUT2D eigenvalue weighted by Crippen LogP contribution is 2.21. The number of nitrogens with zero attached hydrogens (tertiary/aromatic N) is 5. The van der Waals surface area contributed by atoms with Crippen molar-refractivity contribution in [2.45, 2.75) is 39.3 Å². The lowest BCUT2D eigenvalue weighted by Gasteiger charge is -2.32. The summed E-state index contributed by atoms with van der Waals surface area (Å²) in [4.78, 5) is 6.51. The summed E-state index contributed by atoms with van der Waals surface area (Å²) in [7, 11) is 0. The molecule has 6 heteroatoms. The van der Waals surface area contributed by atoms with Crippen LogP contribution in [0.4, 0.5) is 5.82 Å². The van der Waals surface area contributed by atoms with Gasteiger partial charge in [-0.25, -0.2) is 0 Å². The maximum atomic E-state index is 9.39. The molecule has 1 aliphatic heterocycles. The van der Waals surface area contributed by atoms with Crippen LogP contribution in [0, 0.1) is 25.2 Å². The summed E-state index contributed by atoms with van der Waals surface area (Å²) in [6.07, 6.45) is 5.74. The Morgan fingerprint density at radius 2 is 1.92 bits per heavy atom. The molecule has 1 fully saturated rings. The second-order valence-corrected chi connectivity index (χ2v) is 6.30. The van der Waals surface area contributed by atoms with Crippen LogP contribution in [0.25, 0.3) is 0 Å². The van der Waals surface area contributed by atoms with Gasteiger partial charge in [-0.05, 0) is 49.9 Å². The molecule has 3 rings (SSSR count). The second-order valence-electron chi connectivity index (χ2n) is 6.30. The molecule has 0 bridgehead atoms. The molecule has 0 atom stereocenters. The minimum Gasteiger partial charge on any atom is -0.365 e. The SMILES string of the molecule is Cc1nnc(NC2CCN(Cc3ccncc3)CC2)c(C#N)c1C. The van der Waals surface area contributed by atoms with Gasteiger partial charge in [0.25, 0.3) is 0 Å².